The van der Waals surface area contributed by atoms with Gasteiger partial charge in [-0.05, 0) is 31.2 Å². The number of carbonyl (C=O) groups excluding carboxylic acids is 1. The fourth-order valence-corrected chi connectivity index (χ4v) is 4.05. The van der Waals surface area contributed by atoms with Gasteiger partial charge in [-0.2, -0.15) is 4.98 Å². The molecule has 0 spiro atoms. The van der Waals surface area contributed by atoms with Crippen molar-refractivity contribution in [2.45, 2.75) is 30.5 Å². The summed E-state index contributed by atoms with van der Waals surface area (Å²) in [6, 6.07) is 5.61. The molecule has 148 valence electrons. The zero-order valence-electron chi connectivity index (χ0n) is 15.3. The molecule has 1 aromatic heterocycles. The summed E-state index contributed by atoms with van der Waals surface area (Å²) in [5, 5.41) is 6.47. The molecule has 0 saturated heterocycles. The molecule has 0 fully saturated rings. The SMILES string of the molecule is COCC(C)NS(=O)(=O)c1ccc(NC(=O)CSCc2noc(C)n2)cc1. The number of hydrogen-bond acceptors (Lipinski definition) is 8. The van der Waals surface area contributed by atoms with E-state index in [-0.39, 0.29) is 29.2 Å². The number of methoxy groups -OCH3 is 1. The number of amides is 1. The zero-order chi connectivity index (χ0) is 19.9. The van der Waals surface area contributed by atoms with Gasteiger partial charge < -0.3 is 14.6 Å². The summed E-state index contributed by atoms with van der Waals surface area (Å²) in [5.74, 6) is 1.49. The van der Waals surface area contributed by atoms with Crippen LogP contribution < -0.4 is 10.0 Å². The van der Waals surface area contributed by atoms with E-state index in [0.29, 0.717) is 23.2 Å². The Labute approximate surface area is 162 Å². The molecule has 0 aliphatic rings. The Bertz CT molecular complexity index is 852. The van der Waals surface area contributed by atoms with Gasteiger partial charge in [0.25, 0.3) is 0 Å². The molecule has 9 nitrogen and oxygen atoms in total. The van der Waals surface area contributed by atoms with Crippen LogP contribution in [0.1, 0.15) is 18.6 Å². The maximum absolute atomic E-state index is 12.3. The van der Waals surface area contributed by atoms with Crippen LogP contribution in [0.2, 0.25) is 0 Å². The van der Waals surface area contributed by atoms with Crippen molar-refractivity contribution in [3.05, 3.63) is 36.0 Å². The van der Waals surface area contributed by atoms with Gasteiger partial charge in [-0.3, -0.25) is 4.79 Å². The smallest absolute Gasteiger partial charge is 0.240 e. The minimum absolute atomic E-state index is 0.116. The van der Waals surface area contributed by atoms with Crippen molar-refractivity contribution in [2.75, 3.05) is 24.8 Å². The summed E-state index contributed by atoms with van der Waals surface area (Å²) in [6.45, 7) is 3.68. The highest BCUT2D eigenvalue weighted by Gasteiger charge is 2.17. The summed E-state index contributed by atoms with van der Waals surface area (Å²) in [4.78, 5) is 16.1. The van der Waals surface area contributed by atoms with Gasteiger partial charge in [0, 0.05) is 25.8 Å². The highest BCUT2D eigenvalue weighted by atomic mass is 32.2. The first kappa shape index (κ1) is 21.4. The number of anilines is 1. The number of hydrogen-bond donors (Lipinski definition) is 2. The highest BCUT2D eigenvalue weighted by Crippen LogP contribution is 2.15. The largest absolute Gasteiger partial charge is 0.383 e. The fourth-order valence-electron chi connectivity index (χ4n) is 2.17. The van der Waals surface area contributed by atoms with Crippen molar-refractivity contribution >= 4 is 33.4 Å². The molecule has 1 atom stereocenters. The summed E-state index contributed by atoms with van der Waals surface area (Å²) in [7, 11) is -2.14. The minimum Gasteiger partial charge on any atom is -0.383 e. The summed E-state index contributed by atoms with van der Waals surface area (Å²) < 4.78 is 36.8. The van der Waals surface area contributed by atoms with E-state index in [1.165, 1.54) is 31.0 Å². The van der Waals surface area contributed by atoms with Gasteiger partial charge >= 0.3 is 0 Å². The maximum Gasteiger partial charge on any atom is 0.240 e. The summed E-state index contributed by atoms with van der Waals surface area (Å²) in [6.07, 6.45) is 0. The van der Waals surface area contributed by atoms with Crippen LogP contribution in [0.15, 0.2) is 33.7 Å². The van der Waals surface area contributed by atoms with Crippen LogP contribution in [0.5, 0.6) is 0 Å². The zero-order valence-corrected chi connectivity index (χ0v) is 16.9. The standard InChI is InChI=1S/C16H22N4O5S2/c1-11(8-24-3)20-27(22,23)14-6-4-13(5-7-14)18-16(21)10-26-9-15-17-12(2)25-19-15/h4-7,11,20H,8-10H2,1-3H3,(H,18,21). The van der Waals surface area contributed by atoms with E-state index in [1.54, 1.807) is 26.0 Å². The van der Waals surface area contributed by atoms with E-state index in [2.05, 4.69) is 20.2 Å². The number of aromatic nitrogens is 2. The molecule has 1 heterocycles. The number of ether oxygens (including phenoxy) is 1. The predicted molar refractivity (Wildman–Crippen MR) is 102 cm³/mol. The van der Waals surface area contributed by atoms with Gasteiger partial charge in [0.1, 0.15) is 0 Å². The Hall–Kier alpha value is -1.95. The number of nitrogens with one attached hydrogen (secondary N) is 2. The first-order valence-corrected chi connectivity index (χ1v) is 10.7. The molecule has 0 radical (unpaired) electrons. The fraction of sp³-hybridized carbons (Fsp3) is 0.438. The Morgan fingerprint density at radius 2 is 2.04 bits per heavy atom. The number of sulfonamides is 1. The third-order valence-corrected chi connectivity index (χ3v) is 5.79. The van der Waals surface area contributed by atoms with E-state index in [9.17, 15) is 13.2 Å². The Balaban J connectivity index is 1.84. The second-order valence-electron chi connectivity index (χ2n) is 5.77. The molecule has 27 heavy (non-hydrogen) atoms. The van der Waals surface area contributed by atoms with Crippen LogP contribution in [0, 0.1) is 6.92 Å². The van der Waals surface area contributed by atoms with Gasteiger partial charge in [-0.15, -0.1) is 11.8 Å². The molecule has 0 saturated carbocycles. The van der Waals surface area contributed by atoms with E-state index in [4.69, 9.17) is 9.26 Å². The number of rotatable bonds is 10. The van der Waals surface area contributed by atoms with Gasteiger partial charge in [0.15, 0.2) is 5.82 Å². The highest BCUT2D eigenvalue weighted by molar-refractivity contribution is 7.99. The van der Waals surface area contributed by atoms with Crippen molar-refractivity contribution < 1.29 is 22.5 Å². The molecule has 1 unspecified atom stereocenters. The number of benzene rings is 1. The number of nitrogens with zero attached hydrogens (tertiary/aromatic N) is 2. The first-order chi connectivity index (χ1) is 12.8. The molecule has 0 bridgehead atoms. The lowest BCUT2D eigenvalue weighted by Crippen LogP contribution is -2.35. The molecule has 2 N–H and O–H groups in total. The van der Waals surface area contributed by atoms with E-state index in [1.807, 2.05) is 0 Å². The normalized spacial score (nSPS) is 12.7. The third-order valence-electron chi connectivity index (χ3n) is 3.26. The van der Waals surface area contributed by atoms with Crippen molar-refractivity contribution in [2.24, 2.45) is 0 Å². The molecular formula is C16H22N4O5S2. The first-order valence-electron chi connectivity index (χ1n) is 8.08. The van der Waals surface area contributed by atoms with E-state index >= 15 is 0 Å². The molecular weight excluding hydrogens is 392 g/mol. The number of carbonyl (C=O) groups is 1. The molecule has 1 amide bonds. The molecule has 0 aliphatic carbocycles. The summed E-state index contributed by atoms with van der Waals surface area (Å²) in [5.41, 5.74) is 0.514. The van der Waals surface area contributed by atoms with Gasteiger partial charge in [0.2, 0.25) is 21.8 Å². The van der Waals surface area contributed by atoms with Crippen molar-refractivity contribution in [3.63, 3.8) is 0 Å². The van der Waals surface area contributed by atoms with Crippen LogP contribution in [-0.2, 0) is 25.3 Å². The topological polar surface area (TPSA) is 123 Å². The van der Waals surface area contributed by atoms with E-state index in [0.717, 1.165) is 0 Å². The predicted octanol–water partition coefficient (Wildman–Crippen LogP) is 1.56. The number of aryl methyl sites for hydroxylation is 1. The quantitative estimate of drug-likeness (QED) is 0.600. The van der Waals surface area contributed by atoms with Crippen LogP contribution in [0.4, 0.5) is 5.69 Å². The van der Waals surface area contributed by atoms with Crippen LogP contribution in [0.3, 0.4) is 0 Å². The van der Waals surface area contributed by atoms with Gasteiger partial charge in [0.05, 0.1) is 23.0 Å². The average molecular weight is 415 g/mol. The van der Waals surface area contributed by atoms with Crippen molar-refractivity contribution in [1.29, 1.82) is 0 Å². The third kappa shape index (κ3) is 6.94. The lowest BCUT2D eigenvalue weighted by atomic mass is 10.3. The monoisotopic (exact) mass is 414 g/mol. The lowest BCUT2D eigenvalue weighted by Gasteiger charge is -2.13. The molecule has 0 aliphatic heterocycles. The Kier molecular flexibility index (Phi) is 7.78. The molecule has 11 heteroatoms. The minimum atomic E-state index is -3.64. The maximum atomic E-state index is 12.3. The average Bonchev–Trinajstić information content (AvgIpc) is 3.00. The van der Waals surface area contributed by atoms with Crippen molar-refractivity contribution in [3.8, 4) is 0 Å². The molecule has 1 aromatic carbocycles. The molecule has 2 rings (SSSR count). The second kappa shape index (κ2) is 9.83. The molecule has 2 aromatic rings. The van der Waals surface area contributed by atoms with Gasteiger partial charge in [-0.25, -0.2) is 13.1 Å². The van der Waals surface area contributed by atoms with E-state index < -0.39 is 10.0 Å². The Morgan fingerprint density at radius 1 is 1.33 bits per heavy atom. The lowest BCUT2D eigenvalue weighted by molar-refractivity contribution is -0.113. The van der Waals surface area contributed by atoms with Crippen LogP contribution >= 0.6 is 11.8 Å². The van der Waals surface area contributed by atoms with Crippen LogP contribution in [0.25, 0.3) is 0 Å². The van der Waals surface area contributed by atoms with Crippen molar-refractivity contribution in [1.82, 2.24) is 14.9 Å². The van der Waals surface area contributed by atoms with Gasteiger partial charge in [-0.1, -0.05) is 5.16 Å². The number of thioether (sulfide) groups is 1. The Morgan fingerprint density at radius 3 is 2.63 bits per heavy atom. The van der Waals surface area contributed by atoms with Crippen LogP contribution in [-0.4, -0.2) is 50.0 Å². The summed E-state index contributed by atoms with van der Waals surface area (Å²) >= 11 is 1.35. The second-order valence-corrected chi connectivity index (χ2v) is 8.47.